The molecule has 4 aromatic rings. The third kappa shape index (κ3) is 1.75. The molecule has 0 saturated heterocycles. The molecule has 0 saturated carbocycles. The van der Waals surface area contributed by atoms with Crippen LogP contribution in [-0.2, 0) is 0 Å². The topological polar surface area (TPSA) is 39.4 Å². The van der Waals surface area contributed by atoms with Gasteiger partial charge in [-0.15, -0.1) is 0 Å². The largest absolute Gasteiger partial charge is 0.456 e. The van der Waals surface area contributed by atoms with E-state index < -0.39 is 0 Å². The molecule has 0 aliphatic carbocycles. The summed E-state index contributed by atoms with van der Waals surface area (Å²) in [6, 6.07) is 14.9. The highest BCUT2D eigenvalue weighted by Crippen LogP contribution is 2.18. The molecule has 0 N–H and O–H groups in total. The van der Waals surface area contributed by atoms with Crippen LogP contribution < -0.4 is 0 Å². The maximum atomic E-state index is 5.73. The average Bonchev–Trinajstić information content (AvgIpc) is 2.35. The van der Waals surface area contributed by atoms with Crippen LogP contribution in [0.15, 0.2) is 61.5 Å². The summed E-state index contributed by atoms with van der Waals surface area (Å²) in [6.45, 7) is 0. The molecule has 2 bridgehead atoms. The lowest BCUT2D eigenvalue weighted by Gasteiger charge is -1.93. The van der Waals surface area contributed by atoms with Gasteiger partial charge < -0.3 is 4.42 Å². The van der Waals surface area contributed by atoms with Gasteiger partial charge >= 0.3 is 0 Å². The predicted molar refractivity (Wildman–Crippen MR) is 62.6 cm³/mol. The molecule has 0 radical (unpaired) electrons. The van der Waals surface area contributed by atoms with Gasteiger partial charge in [0.2, 0.25) is 0 Å². The number of hydrogen-bond donors (Lipinski definition) is 0. The van der Waals surface area contributed by atoms with Crippen molar-refractivity contribution >= 4 is 33.1 Å². The summed E-state index contributed by atoms with van der Waals surface area (Å²) < 4.78 is 16.8. The third-order valence-corrected chi connectivity index (χ3v) is 2.81. The second-order valence-corrected chi connectivity index (χ2v) is 4.00. The minimum Gasteiger partial charge on any atom is -0.456 e. The van der Waals surface area contributed by atoms with Crippen molar-refractivity contribution in [1.82, 2.24) is 0 Å². The van der Waals surface area contributed by atoms with Crippen LogP contribution in [0.2, 0.25) is 0 Å². The fourth-order valence-corrected chi connectivity index (χ4v) is 1.90. The Kier molecular flexibility index (Phi) is 2.27. The van der Waals surface area contributed by atoms with Crippen LogP contribution in [0.3, 0.4) is 0 Å². The van der Waals surface area contributed by atoms with Gasteiger partial charge in [0.15, 0.2) is 5.58 Å². The lowest BCUT2D eigenvalue weighted by Crippen LogP contribution is -1.68. The van der Waals surface area contributed by atoms with E-state index in [9.17, 15) is 0 Å². The molecular formula is C12H8O3S. The van der Waals surface area contributed by atoms with Crippen LogP contribution in [-0.4, -0.2) is 0 Å². The standard InChI is InChI=1S/C12H8O3S/c1-2-4-12-11(3-1)13-9-5-7-10(8-6-9)14-15-16-12/h1-8H. The molecular weight excluding hydrogens is 224 g/mol. The van der Waals surface area contributed by atoms with Crippen molar-refractivity contribution in [2.45, 2.75) is 0 Å². The van der Waals surface area contributed by atoms with Crippen molar-refractivity contribution in [3.63, 3.8) is 0 Å². The second kappa shape index (κ2) is 3.90. The summed E-state index contributed by atoms with van der Waals surface area (Å²) in [4.78, 5) is 0. The Balaban J connectivity index is 2.50. The summed E-state index contributed by atoms with van der Waals surface area (Å²) >= 11 is 1.14. The molecule has 0 atom stereocenters. The molecule has 0 aliphatic heterocycles. The number of fused-ring (bicyclic) bond motifs is 4. The normalized spacial score (nSPS) is 10.5. The van der Waals surface area contributed by atoms with Crippen LogP contribution in [0.1, 0.15) is 0 Å². The Morgan fingerprint density at radius 1 is 0.812 bits per heavy atom. The number of hydrogen-bond acceptors (Lipinski definition) is 4. The highest BCUT2D eigenvalue weighted by atomic mass is 32.1. The predicted octanol–water partition coefficient (Wildman–Crippen LogP) is 4.52. The lowest BCUT2D eigenvalue weighted by molar-refractivity contribution is 0.123. The SMILES string of the molecule is c1ccc2sooc3ccc(cc3)oc2c1. The first kappa shape index (κ1) is 9.30. The Hall–Kier alpha value is -1.94. The van der Waals surface area contributed by atoms with Crippen LogP contribution in [0.5, 0.6) is 0 Å². The molecule has 0 aliphatic rings. The highest BCUT2D eigenvalue weighted by Gasteiger charge is 1.93. The molecule has 4 heteroatoms. The van der Waals surface area contributed by atoms with Crippen LogP contribution in [0.25, 0.3) is 21.4 Å². The summed E-state index contributed by atoms with van der Waals surface area (Å²) in [5.41, 5.74) is 2.19. The van der Waals surface area contributed by atoms with Crippen molar-refractivity contribution in [2.75, 3.05) is 0 Å². The third-order valence-electron chi connectivity index (χ3n) is 2.15. The first-order valence-electron chi connectivity index (χ1n) is 4.80. The zero-order chi connectivity index (χ0) is 10.8. The Bertz CT molecular complexity index is 662. The van der Waals surface area contributed by atoms with Crippen LogP contribution >= 0.6 is 11.6 Å². The van der Waals surface area contributed by atoms with E-state index in [1.54, 1.807) is 12.1 Å². The van der Waals surface area contributed by atoms with Crippen molar-refractivity contribution in [3.8, 4) is 0 Å². The smallest absolute Gasteiger partial charge is 0.180 e. The van der Waals surface area contributed by atoms with E-state index in [1.807, 2.05) is 36.4 Å². The molecule has 80 valence electrons. The molecule has 0 spiro atoms. The number of benzene rings is 2. The van der Waals surface area contributed by atoms with E-state index in [-0.39, 0.29) is 0 Å². The monoisotopic (exact) mass is 232 g/mol. The van der Waals surface area contributed by atoms with Gasteiger partial charge in [-0.2, -0.15) is 0 Å². The van der Waals surface area contributed by atoms with Crippen molar-refractivity contribution in [3.05, 3.63) is 48.5 Å². The lowest BCUT2D eigenvalue weighted by atomic mass is 10.3. The highest BCUT2D eigenvalue weighted by molar-refractivity contribution is 7.10. The number of rotatable bonds is 0. The summed E-state index contributed by atoms with van der Waals surface area (Å²) in [5.74, 6) is 0. The second-order valence-electron chi connectivity index (χ2n) is 3.25. The fraction of sp³-hybridized carbons (Fsp3) is 0. The molecule has 2 aromatic heterocycles. The van der Waals surface area contributed by atoms with E-state index in [1.165, 1.54) is 0 Å². The summed E-state index contributed by atoms with van der Waals surface area (Å²) in [5, 5.41) is 0. The van der Waals surface area contributed by atoms with E-state index in [2.05, 4.69) is 0 Å². The molecule has 16 heavy (non-hydrogen) atoms. The van der Waals surface area contributed by atoms with E-state index in [4.69, 9.17) is 13.0 Å². The summed E-state index contributed by atoms with van der Waals surface area (Å²) in [7, 11) is 0. The molecule has 2 heterocycles. The molecule has 3 nitrogen and oxygen atoms in total. The quantitative estimate of drug-likeness (QED) is 0.535. The van der Waals surface area contributed by atoms with Crippen molar-refractivity contribution in [1.29, 1.82) is 0 Å². The number of para-hydroxylation sites is 1. The van der Waals surface area contributed by atoms with Crippen LogP contribution in [0, 0.1) is 0 Å². The van der Waals surface area contributed by atoms with Gasteiger partial charge in [0, 0.05) is 0 Å². The van der Waals surface area contributed by atoms with E-state index in [0.717, 1.165) is 27.5 Å². The minimum absolute atomic E-state index is 0.652. The van der Waals surface area contributed by atoms with Crippen molar-refractivity contribution in [2.24, 2.45) is 0 Å². The van der Waals surface area contributed by atoms with Gasteiger partial charge in [0.05, 0.1) is 11.6 Å². The van der Waals surface area contributed by atoms with Gasteiger partial charge in [0.25, 0.3) is 0 Å². The first-order chi connectivity index (χ1) is 7.92. The zero-order valence-corrected chi connectivity index (χ0v) is 9.07. The fourth-order valence-electron chi connectivity index (χ4n) is 1.39. The molecule has 0 unspecified atom stereocenters. The average molecular weight is 232 g/mol. The van der Waals surface area contributed by atoms with E-state index in [0.29, 0.717) is 5.58 Å². The zero-order valence-electron chi connectivity index (χ0n) is 8.25. The molecule has 4 rings (SSSR count). The first-order valence-corrected chi connectivity index (χ1v) is 5.54. The minimum atomic E-state index is 0.652. The maximum Gasteiger partial charge on any atom is 0.180 e. The van der Waals surface area contributed by atoms with Gasteiger partial charge in [0.1, 0.15) is 15.9 Å². The van der Waals surface area contributed by atoms with Gasteiger partial charge in [-0.05, 0) is 36.4 Å². The van der Waals surface area contributed by atoms with E-state index >= 15 is 0 Å². The van der Waals surface area contributed by atoms with Gasteiger partial charge in [-0.25, -0.2) is 4.01 Å². The molecule has 0 fully saturated rings. The van der Waals surface area contributed by atoms with Crippen LogP contribution in [0.4, 0.5) is 0 Å². The Labute approximate surface area is 95.0 Å². The summed E-state index contributed by atoms with van der Waals surface area (Å²) in [6.07, 6.45) is 0. The maximum absolute atomic E-state index is 5.73. The van der Waals surface area contributed by atoms with Gasteiger partial charge in [-0.1, -0.05) is 12.1 Å². The Morgan fingerprint density at radius 3 is 2.44 bits per heavy atom. The molecule has 0 amide bonds. The van der Waals surface area contributed by atoms with Crippen molar-refractivity contribution < 1.29 is 13.0 Å². The molecule has 2 aromatic carbocycles. The Morgan fingerprint density at radius 2 is 1.56 bits per heavy atom. The van der Waals surface area contributed by atoms with Gasteiger partial charge in [-0.3, -0.25) is 4.58 Å².